The molecule has 3 heteroatoms. The van der Waals surface area contributed by atoms with Gasteiger partial charge < -0.3 is 5.43 Å². The summed E-state index contributed by atoms with van der Waals surface area (Å²) in [6.07, 6.45) is 0. The lowest BCUT2D eigenvalue weighted by Crippen LogP contribution is -2.34. The lowest BCUT2D eigenvalue weighted by molar-refractivity contribution is 0.360. The summed E-state index contributed by atoms with van der Waals surface area (Å²) in [5.74, 6) is 0.958. The number of nitrogens with zero attached hydrogens (tertiary/aromatic N) is 2. The van der Waals surface area contributed by atoms with Gasteiger partial charge in [-0.05, 0) is 20.8 Å². The second-order valence-electron chi connectivity index (χ2n) is 2.81. The highest BCUT2D eigenvalue weighted by Gasteiger charge is 1.91. The fourth-order valence-corrected chi connectivity index (χ4v) is 0.740. The average Bonchev–Trinajstić information content (AvgIpc) is 1.58. The molecule has 0 aliphatic heterocycles. The van der Waals surface area contributed by atoms with E-state index < -0.39 is 0 Å². The van der Waals surface area contributed by atoms with E-state index in [9.17, 15) is 0 Å². The molecule has 0 aliphatic carbocycles. The van der Waals surface area contributed by atoms with Crippen molar-refractivity contribution in [3.8, 4) is 0 Å². The summed E-state index contributed by atoms with van der Waals surface area (Å²) in [4.78, 5) is 4.28. The quantitative estimate of drug-likeness (QED) is 0.353. The van der Waals surface area contributed by atoms with Crippen molar-refractivity contribution in [2.75, 3.05) is 14.1 Å². The number of nitrogens with one attached hydrogen (secondary N) is 1. The van der Waals surface area contributed by atoms with E-state index in [1.807, 2.05) is 26.0 Å². The van der Waals surface area contributed by atoms with Crippen LogP contribution in [0.25, 0.3) is 0 Å². The lowest BCUT2D eigenvalue weighted by Gasteiger charge is -2.13. The van der Waals surface area contributed by atoms with Crippen molar-refractivity contribution in [2.45, 2.75) is 26.8 Å². The van der Waals surface area contributed by atoms with Crippen LogP contribution in [0.2, 0.25) is 0 Å². The second-order valence-corrected chi connectivity index (χ2v) is 2.81. The summed E-state index contributed by atoms with van der Waals surface area (Å²) in [6.45, 7) is 6.07. The van der Waals surface area contributed by atoms with E-state index in [1.54, 1.807) is 0 Å². The van der Waals surface area contributed by atoms with E-state index in [0.29, 0.717) is 6.04 Å². The molecule has 0 aromatic carbocycles. The Balaban J connectivity index is 3.71. The van der Waals surface area contributed by atoms with Crippen LogP contribution in [-0.2, 0) is 0 Å². The van der Waals surface area contributed by atoms with E-state index in [-0.39, 0.29) is 0 Å². The molecular formula is C7H17N3. The third-order valence-corrected chi connectivity index (χ3v) is 0.837. The van der Waals surface area contributed by atoms with Crippen LogP contribution in [0.15, 0.2) is 4.99 Å². The van der Waals surface area contributed by atoms with Gasteiger partial charge in [0, 0.05) is 20.1 Å². The molecule has 3 nitrogen and oxygen atoms in total. The molecule has 0 heterocycles. The van der Waals surface area contributed by atoms with Gasteiger partial charge >= 0.3 is 0 Å². The number of amidine groups is 1. The average molecular weight is 143 g/mol. The van der Waals surface area contributed by atoms with Crippen LogP contribution in [0, 0.1) is 0 Å². The molecule has 0 radical (unpaired) electrons. The Morgan fingerprint density at radius 2 is 1.90 bits per heavy atom. The van der Waals surface area contributed by atoms with E-state index >= 15 is 0 Å². The van der Waals surface area contributed by atoms with Crippen LogP contribution < -0.4 is 5.43 Å². The van der Waals surface area contributed by atoms with Gasteiger partial charge in [-0.3, -0.25) is 4.99 Å². The van der Waals surface area contributed by atoms with Crippen LogP contribution >= 0.6 is 0 Å². The largest absolute Gasteiger partial charge is 0.308 e. The third kappa shape index (κ3) is 5.56. The fraction of sp³-hybridized carbons (Fsp3) is 0.857. The Labute approximate surface area is 63.1 Å². The van der Waals surface area contributed by atoms with Crippen molar-refractivity contribution >= 4 is 5.84 Å². The highest BCUT2D eigenvalue weighted by Crippen LogP contribution is 1.85. The molecule has 0 spiro atoms. The summed E-state index contributed by atoms with van der Waals surface area (Å²) in [5.41, 5.74) is 3.06. The lowest BCUT2D eigenvalue weighted by atomic mass is 10.4. The minimum Gasteiger partial charge on any atom is -0.308 e. The van der Waals surface area contributed by atoms with Crippen molar-refractivity contribution < 1.29 is 0 Å². The van der Waals surface area contributed by atoms with Crippen LogP contribution in [0.5, 0.6) is 0 Å². The molecule has 10 heavy (non-hydrogen) atoms. The maximum atomic E-state index is 4.28. The van der Waals surface area contributed by atoms with Crippen molar-refractivity contribution in [1.82, 2.24) is 10.4 Å². The Bertz CT molecular complexity index is 116. The summed E-state index contributed by atoms with van der Waals surface area (Å²) < 4.78 is 0. The van der Waals surface area contributed by atoms with Gasteiger partial charge in [-0.2, -0.15) is 0 Å². The molecule has 0 aliphatic rings. The Kier molecular flexibility index (Phi) is 4.03. The van der Waals surface area contributed by atoms with Crippen molar-refractivity contribution in [1.29, 1.82) is 0 Å². The monoisotopic (exact) mass is 143 g/mol. The van der Waals surface area contributed by atoms with E-state index in [4.69, 9.17) is 0 Å². The van der Waals surface area contributed by atoms with Crippen LogP contribution in [0.1, 0.15) is 20.8 Å². The first-order chi connectivity index (χ1) is 4.52. The predicted molar refractivity (Wildman–Crippen MR) is 45.1 cm³/mol. The minimum atomic E-state index is 0.368. The smallest absolute Gasteiger partial charge is 0.108 e. The van der Waals surface area contributed by atoms with Crippen LogP contribution in [-0.4, -0.2) is 31.0 Å². The van der Waals surface area contributed by atoms with Gasteiger partial charge in [0.15, 0.2) is 0 Å². The predicted octanol–water partition coefficient (Wildman–Crippen LogP) is 0.879. The van der Waals surface area contributed by atoms with Crippen LogP contribution in [0.4, 0.5) is 0 Å². The molecule has 0 fully saturated rings. The maximum Gasteiger partial charge on any atom is 0.108 e. The van der Waals surface area contributed by atoms with Crippen molar-refractivity contribution in [3.63, 3.8) is 0 Å². The Morgan fingerprint density at radius 3 is 2.20 bits per heavy atom. The summed E-state index contributed by atoms with van der Waals surface area (Å²) >= 11 is 0. The number of aliphatic imine (C=N–C) groups is 1. The number of hydrazine groups is 1. The van der Waals surface area contributed by atoms with Gasteiger partial charge in [0.1, 0.15) is 5.84 Å². The Morgan fingerprint density at radius 1 is 1.40 bits per heavy atom. The molecule has 0 saturated heterocycles. The number of hydrogen-bond donors (Lipinski definition) is 1. The minimum absolute atomic E-state index is 0.368. The zero-order valence-corrected chi connectivity index (χ0v) is 7.47. The zero-order valence-electron chi connectivity index (χ0n) is 7.47. The topological polar surface area (TPSA) is 27.6 Å². The van der Waals surface area contributed by atoms with Gasteiger partial charge in [0.25, 0.3) is 0 Å². The summed E-state index contributed by atoms with van der Waals surface area (Å²) in [6, 6.07) is 0.368. The second kappa shape index (κ2) is 4.28. The maximum absolute atomic E-state index is 4.28. The molecule has 60 valence electrons. The van der Waals surface area contributed by atoms with Crippen LogP contribution in [0.3, 0.4) is 0 Å². The fourth-order valence-electron chi connectivity index (χ4n) is 0.740. The molecule has 0 unspecified atom stereocenters. The third-order valence-electron chi connectivity index (χ3n) is 0.837. The summed E-state index contributed by atoms with van der Waals surface area (Å²) in [7, 11) is 3.89. The molecule has 0 amide bonds. The first kappa shape index (κ1) is 9.43. The molecule has 0 bridgehead atoms. The van der Waals surface area contributed by atoms with Gasteiger partial charge in [-0.1, -0.05) is 0 Å². The first-order valence-corrected chi connectivity index (χ1v) is 3.50. The first-order valence-electron chi connectivity index (χ1n) is 3.50. The molecule has 1 N–H and O–H groups in total. The molecule has 0 aromatic heterocycles. The molecule has 0 aromatic rings. The number of rotatable bonds is 2. The molecule has 0 saturated carbocycles. The highest BCUT2D eigenvalue weighted by atomic mass is 15.5. The van der Waals surface area contributed by atoms with Gasteiger partial charge in [0.2, 0.25) is 0 Å². The van der Waals surface area contributed by atoms with Gasteiger partial charge in [0.05, 0.1) is 0 Å². The van der Waals surface area contributed by atoms with Crippen molar-refractivity contribution in [3.05, 3.63) is 0 Å². The van der Waals surface area contributed by atoms with E-state index in [0.717, 1.165) is 5.84 Å². The number of hydrogen-bond acceptors (Lipinski definition) is 2. The van der Waals surface area contributed by atoms with E-state index in [2.05, 4.69) is 24.3 Å². The van der Waals surface area contributed by atoms with E-state index in [1.165, 1.54) is 0 Å². The SMILES string of the molecule is CC(=NC(C)C)NN(C)C. The van der Waals surface area contributed by atoms with Crippen molar-refractivity contribution in [2.24, 2.45) is 4.99 Å². The molecule has 0 atom stereocenters. The molecule has 0 rings (SSSR count). The Hall–Kier alpha value is -0.570. The normalized spacial score (nSPS) is 12.9. The summed E-state index contributed by atoms with van der Waals surface area (Å²) in [5, 5.41) is 1.88. The standard InChI is InChI=1S/C7H17N3/c1-6(2)8-7(3)9-10(4)5/h6H,1-5H3,(H,8,9). The highest BCUT2D eigenvalue weighted by molar-refractivity contribution is 5.79. The zero-order chi connectivity index (χ0) is 8.15. The van der Waals surface area contributed by atoms with Gasteiger partial charge in [-0.25, -0.2) is 5.01 Å². The molecular weight excluding hydrogens is 126 g/mol. The van der Waals surface area contributed by atoms with Gasteiger partial charge in [-0.15, -0.1) is 0 Å².